The molecule has 0 radical (unpaired) electrons. The number of aromatic hydroxyl groups is 1. The van der Waals surface area contributed by atoms with Crippen molar-refractivity contribution in [3.63, 3.8) is 0 Å². The van der Waals surface area contributed by atoms with Gasteiger partial charge in [0.2, 0.25) is 5.75 Å². The molecule has 15 heavy (non-hydrogen) atoms. The molecule has 0 spiro atoms. The molecule has 3 nitrogen and oxygen atoms in total. The van der Waals surface area contributed by atoms with E-state index in [0.717, 1.165) is 18.4 Å². The van der Waals surface area contributed by atoms with Gasteiger partial charge in [0.05, 0.1) is 7.11 Å². The number of ether oxygens (including phenoxy) is 2. The van der Waals surface area contributed by atoms with Gasteiger partial charge in [-0.15, -0.1) is 0 Å². The average molecular weight is 208 g/mol. The number of hydrogen-bond donors (Lipinski definition) is 1. The van der Waals surface area contributed by atoms with E-state index in [2.05, 4.69) is 0 Å². The molecule has 0 bridgehead atoms. The van der Waals surface area contributed by atoms with Crippen molar-refractivity contribution < 1.29 is 14.6 Å². The van der Waals surface area contributed by atoms with Gasteiger partial charge in [-0.3, -0.25) is 0 Å². The number of benzene rings is 1. The molecule has 0 amide bonds. The van der Waals surface area contributed by atoms with Crippen LogP contribution in [-0.4, -0.2) is 17.8 Å². The SMILES string of the molecule is COc1ccc2c(c1O)OC(C)(C)CC2. The highest BCUT2D eigenvalue weighted by molar-refractivity contribution is 5.55. The topological polar surface area (TPSA) is 38.7 Å². The highest BCUT2D eigenvalue weighted by Gasteiger charge is 2.29. The number of aryl methyl sites for hydroxylation is 1. The van der Waals surface area contributed by atoms with Crippen LogP contribution in [0.4, 0.5) is 0 Å². The molecule has 0 atom stereocenters. The molecule has 0 aliphatic carbocycles. The average Bonchev–Trinajstić information content (AvgIpc) is 2.19. The monoisotopic (exact) mass is 208 g/mol. The number of fused-ring (bicyclic) bond motifs is 1. The van der Waals surface area contributed by atoms with Gasteiger partial charge in [0.25, 0.3) is 0 Å². The summed E-state index contributed by atoms with van der Waals surface area (Å²) in [5.74, 6) is 1.15. The lowest BCUT2D eigenvalue weighted by atomic mass is 9.94. The molecular formula is C12H16O3. The van der Waals surface area contributed by atoms with E-state index >= 15 is 0 Å². The van der Waals surface area contributed by atoms with Crippen molar-refractivity contribution in [2.24, 2.45) is 0 Å². The second kappa shape index (κ2) is 3.33. The van der Waals surface area contributed by atoms with Crippen molar-refractivity contribution in [1.82, 2.24) is 0 Å². The minimum atomic E-state index is -0.211. The lowest BCUT2D eigenvalue weighted by Crippen LogP contribution is -2.32. The first-order chi connectivity index (χ1) is 7.03. The van der Waals surface area contributed by atoms with Gasteiger partial charge in [0.1, 0.15) is 5.60 Å². The zero-order chi connectivity index (χ0) is 11.1. The van der Waals surface area contributed by atoms with Crippen LogP contribution in [0, 0.1) is 0 Å². The van der Waals surface area contributed by atoms with E-state index in [4.69, 9.17) is 9.47 Å². The summed E-state index contributed by atoms with van der Waals surface area (Å²) < 4.78 is 10.8. The first kappa shape index (κ1) is 10.1. The zero-order valence-electron chi connectivity index (χ0n) is 9.33. The van der Waals surface area contributed by atoms with Crippen LogP contribution in [0.3, 0.4) is 0 Å². The van der Waals surface area contributed by atoms with Crippen LogP contribution in [0.5, 0.6) is 17.2 Å². The fourth-order valence-corrected chi connectivity index (χ4v) is 1.83. The first-order valence-corrected chi connectivity index (χ1v) is 5.11. The largest absolute Gasteiger partial charge is 0.502 e. The third kappa shape index (κ3) is 1.74. The van der Waals surface area contributed by atoms with Gasteiger partial charge in [0, 0.05) is 0 Å². The molecule has 82 valence electrons. The maximum absolute atomic E-state index is 9.92. The van der Waals surface area contributed by atoms with Crippen LogP contribution in [0.2, 0.25) is 0 Å². The fraction of sp³-hybridized carbons (Fsp3) is 0.500. The Bertz CT molecular complexity index is 383. The Labute approximate surface area is 89.6 Å². The molecule has 1 aromatic carbocycles. The lowest BCUT2D eigenvalue weighted by molar-refractivity contribution is 0.0799. The van der Waals surface area contributed by atoms with Crippen LogP contribution in [0.1, 0.15) is 25.8 Å². The fourth-order valence-electron chi connectivity index (χ4n) is 1.83. The minimum Gasteiger partial charge on any atom is -0.502 e. The smallest absolute Gasteiger partial charge is 0.201 e. The Kier molecular flexibility index (Phi) is 2.25. The van der Waals surface area contributed by atoms with Crippen molar-refractivity contribution in [1.29, 1.82) is 0 Å². The standard InChI is InChI=1S/C12H16O3/c1-12(2)7-6-8-4-5-9(14-3)10(13)11(8)15-12/h4-5,13H,6-7H2,1-3H3. The van der Waals surface area contributed by atoms with Crippen molar-refractivity contribution >= 4 is 0 Å². The second-order valence-electron chi connectivity index (χ2n) is 4.47. The number of phenolic OH excluding ortho intramolecular Hbond substituents is 1. The van der Waals surface area contributed by atoms with Gasteiger partial charge < -0.3 is 14.6 Å². The Morgan fingerprint density at radius 1 is 1.40 bits per heavy atom. The van der Waals surface area contributed by atoms with Crippen LogP contribution in [-0.2, 0) is 6.42 Å². The van der Waals surface area contributed by atoms with Crippen LogP contribution in [0.15, 0.2) is 12.1 Å². The van der Waals surface area contributed by atoms with Crippen molar-refractivity contribution in [3.05, 3.63) is 17.7 Å². The van der Waals surface area contributed by atoms with Gasteiger partial charge in [-0.1, -0.05) is 6.07 Å². The van der Waals surface area contributed by atoms with Crippen LogP contribution < -0.4 is 9.47 Å². The number of methoxy groups -OCH3 is 1. The summed E-state index contributed by atoms with van der Waals surface area (Å²) in [6, 6.07) is 3.72. The third-order valence-corrected chi connectivity index (χ3v) is 2.77. The van der Waals surface area contributed by atoms with Crippen LogP contribution >= 0.6 is 0 Å². The molecule has 0 aromatic heterocycles. The zero-order valence-corrected chi connectivity index (χ0v) is 9.33. The molecule has 1 aromatic rings. The van der Waals surface area contributed by atoms with E-state index in [1.165, 1.54) is 7.11 Å². The van der Waals surface area contributed by atoms with Gasteiger partial charge in [0.15, 0.2) is 11.5 Å². The summed E-state index contributed by atoms with van der Waals surface area (Å²) in [6.45, 7) is 4.05. The highest BCUT2D eigenvalue weighted by atomic mass is 16.5. The molecule has 3 heteroatoms. The molecule has 1 aliphatic rings. The lowest BCUT2D eigenvalue weighted by Gasteiger charge is -2.33. The predicted molar refractivity (Wildman–Crippen MR) is 57.7 cm³/mol. The first-order valence-electron chi connectivity index (χ1n) is 5.11. The third-order valence-electron chi connectivity index (χ3n) is 2.77. The molecule has 2 rings (SSSR count). The van der Waals surface area contributed by atoms with E-state index in [9.17, 15) is 5.11 Å². The molecule has 1 aliphatic heterocycles. The summed E-state index contributed by atoms with van der Waals surface area (Å²) >= 11 is 0. The second-order valence-corrected chi connectivity index (χ2v) is 4.47. The van der Waals surface area contributed by atoms with E-state index in [-0.39, 0.29) is 11.4 Å². The summed E-state index contributed by atoms with van der Waals surface area (Å²) in [4.78, 5) is 0. The van der Waals surface area contributed by atoms with E-state index in [1.807, 2.05) is 19.9 Å². The number of rotatable bonds is 1. The van der Waals surface area contributed by atoms with Crippen LogP contribution in [0.25, 0.3) is 0 Å². The molecular weight excluding hydrogens is 192 g/mol. The summed E-state index contributed by atoms with van der Waals surface area (Å²) in [6.07, 6.45) is 1.89. The minimum absolute atomic E-state index is 0.114. The summed E-state index contributed by atoms with van der Waals surface area (Å²) in [7, 11) is 1.54. The van der Waals surface area contributed by atoms with E-state index in [1.54, 1.807) is 6.07 Å². The molecule has 1 heterocycles. The quantitative estimate of drug-likeness (QED) is 0.770. The van der Waals surface area contributed by atoms with Gasteiger partial charge in [-0.25, -0.2) is 0 Å². The highest BCUT2D eigenvalue weighted by Crippen LogP contribution is 2.44. The number of hydrogen-bond acceptors (Lipinski definition) is 3. The van der Waals surface area contributed by atoms with E-state index in [0.29, 0.717) is 11.5 Å². The Balaban J connectivity index is 2.47. The molecule has 1 N–H and O–H groups in total. The van der Waals surface area contributed by atoms with Crippen molar-refractivity contribution in [3.8, 4) is 17.2 Å². The summed E-state index contributed by atoms with van der Waals surface area (Å²) in [5.41, 5.74) is 0.837. The van der Waals surface area contributed by atoms with Gasteiger partial charge in [-0.05, 0) is 38.3 Å². The normalized spacial score (nSPS) is 17.8. The van der Waals surface area contributed by atoms with E-state index < -0.39 is 0 Å². The molecule has 0 unspecified atom stereocenters. The Morgan fingerprint density at radius 2 is 2.13 bits per heavy atom. The predicted octanol–water partition coefficient (Wildman–Crippen LogP) is 2.50. The number of phenols is 1. The summed E-state index contributed by atoms with van der Waals surface area (Å²) in [5, 5.41) is 9.92. The molecule has 0 fully saturated rings. The van der Waals surface area contributed by atoms with Crippen molar-refractivity contribution in [2.75, 3.05) is 7.11 Å². The van der Waals surface area contributed by atoms with Gasteiger partial charge in [-0.2, -0.15) is 0 Å². The maximum Gasteiger partial charge on any atom is 0.201 e. The maximum atomic E-state index is 9.92. The van der Waals surface area contributed by atoms with Crippen molar-refractivity contribution in [2.45, 2.75) is 32.3 Å². The Hall–Kier alpha value is -1.38. The van der Waals surface area contributed by atoms with Gasteiger partial charge >= 0.3 is 0 Å². The Morgan fingerprint density at radius 3 is 2.80 bits per heavy atom. The molecule has 0 saturated heterocycles. The molecule has 0 saturated carbocycles.